The van der Waals surface area contributed by atoms with Crippen molar-refractivity contribution in [3.05, 3.63) is 23.3 Å². The van der Waals surface area contributed by atoms with Gasteiger partial charge in [0.05, 0.1) is 14.2 Å². The minimum Gasteiger partial charge on any atom is -0.493 e. The first kappa shape index (κ1) is 17.6. The number of nitrogens with zero attached hydrogens (tertiary/aromatic N) is 2. The Kier molecular flexibility index (Phi) is 5.85. The van der Waals surface area contributed by atoms with Gasteiger partial charge in [0.2, 0.25) is 0 Å². The lowest BCUT2D eigenvalue weighted by Crippen LogP contribution is -2.37. The van der Waals surface area contributed by atoms with Crippen LogP contribution in [0.1, 0.15) is 23.6 Å². The van der Waals surface area contributed by atoms with Gasteiger partial charge in [-0.3, -0.25) is 9.69 Å². The highest BCUT2D eigenvalue weighted by atomic mass is 16.5. The van der Waals surface area contributed by atoms with Crippen LogP contribution in [0.2, 0.25) is 0 Å². The Morgan fingerprint density at radius 3 is 2.52 bits per heavy atom. The van der Waals surface area contributed by atoms with Crippen molar-refractivity contribution in [3.63, 3.8) is 0 Å². The Bertz CT molecular complexity index is 562. The first-order valence-electron chi connectivity index (χ1n) is 7.85. The highest BCUT2D eigenvalue weighted by molar-refractivity contribution is 5.77. The number of benzene rings is 1. The van der Waals surface area contributed by atoms with Gasteiger partial charge in [-0.05, 0) is 44.6 Å². The Labute approximate surface area is 137 Å². The van der Waals surface area contributed by atoms with Crippen LogP contribution in [0.25, 0.3) is 0 Å². The minimum absolute atomic E-state index is 0.503. The van der Waals surface area contributed by atoms with Gasteiger partial charge in [-0.15, -0.1) is 0 Å². The van der Waals surface area contributed by atoms with Crippen molar-refractivity contribution in [2.75, 3.05) is 47.4 Å². The summed E-state index contributed by atoms with van der Waals surface area (Å²) in [7, 11) is 5.18. The molecular weight excluding hydrogens is 296 g/mol. The third-order valence-electron chi connectivity index (χ3n) is 4.30. The largest absolute Gasteiger partial charge is 0.493 e. The van der Waals surface area contributed by atoms with Gasteiger partial charge in [0, 0.05) is 25.2 Å². The van der Waals surface area contributed by atoms with E-state index in [-0.39, 0.29) is 0 Å². The molecule has 23 heavy (non-hydrogen) atoms. The second kappa shape index (κ2) is 7.66. The predicted molar refractivity (Wildman–Crippen MR) is 88.3 cm³/mol. The van der Waals surface area contributed by atoms with Crippen LogP contribution in [0.5, 0.6) is 11.5 Å². The third-order valence-corrected chi connectivity index (χ3v) is 4.30. The zero-order valence-corrected chi connectivity index (χ0v) is 14.3. The number of carboxylic acid groups (broad SMARTS) is 1. The van der Waals surface area contributed by atoms with Gasteiger partial charge in [-0.1, -0.05) is 0 Å². The van der Waals surface area contributed by atoms with Gasteiger partial charge >= 0.3 is 5.97 Å². The van der Waals surface area contributed by atoms with Gasteiger partial charge in [0.1, 0.15) is 6.04 Å². The van der Waals surface area contributed by atoms with E-state index in [0.717, 1.165) is 31.6 Å². The maximum atomic E-state index is 12.0. The van der Waals surface area contributed by atoms with Crippen LogP contribution in [0.3, 0.4) is 0 Å². The number of ether oxygens (including phenoxy) is 2. The summed E-state index contributed by atoms with van der Waals surface area (Å²) in [5.74, 6) is 0.212. The number of aliphatic carboxylic acids is 1. The lowest BCUT2D eigenvalue weighted by Gasteiger charge is -2.29. The summed E-state index contributed by atoms with van der Waals surface area (Å²) in [5.41, 5.74) is 1.61. The summed E-state index contributed by atoms with van der Waals surface area (Å²) in [5, 5.41) is 9.86. The monoisotopic (exact) mass is 322 g/mol. The van der Waals surface area contributed by atoms with E-state index in [9.17, 15) is 9.90 Å². The van der Waals surface area contributed by atoms with E-state index in [2.05, 4.69) is 11.9 Å². The highest BCUT2D eigenvalue weighted by Gasteiger charge is 2.32. The number of likely N-dealkylation sites (N-methyl/N-ethyl adjacent to an activating group) is 1. The van der Waals surface area contributed by atoms with Crippen LogP contribution in [-0.4, -0.2) is 68.3 Å². The first-order valence-corrected chi connectivity index (χ1v) is 7.85. The Morgan fingerprint density at radius 1 is 1.17 bits per heavy atom. The molecule has 0 bridgehead atoms. The van der Waals surface area contributed by atoms with Crippen molar-refractivity contribution in [2.45, 2.75) is 19.4 Å². The molecule has 1 aromatic carbocycles. The van der Waals surface area contributed by atoms with Crippen molar-refractivity contribution in [1.29, 1.82) is 0 Å². The number of hydrogen-bond donors (Lipinski definition) is 1. The zero-order chi connectivity index (χ0) is 17.0. The minimum atomic E-state index is -0.861. The topological polar surface area (TPSA) is 62.2 Å². The van der Waals surface area contributed by atoms with Gasteiger partial charge in [-0.2, -0.15) is 0 Å². The molecule has 1 unspecified atom stereocenters. The zero-order valence-electron chi connectivity index (χ0n) is 14.3. The van der Waals surface area contributed by atoms with E-state index in [0.29, 0.717) is 23.6 Å². The molecule has 6 nitrogen and oxygen atoms in total. The van der Waals surface area contributed by atoms with Crippen molar-refractivity contribution >= 4 is 5.97 Å². The second-order valence-corrected chi connectivity index (χ2v) is 6.02. The summed E-state index contributed by atoms with van der Waals surface area (Å²) >= 11 is 0. The second-order valence-electron chi connectivity index (χ2n) is 6.02. The Hall–Kier alpha value is -1.79. The molecule has 1 fully saturated rings. The molecule has 0 radical (unpaired) electrons. The van der Waals surface area contributed by atoms with Crippen LogP contribution >= 0.6 is 0 Å². The molecule has 1 aliphatic heterocycles. The molecule has 0 spiro atoms. The fourth-order valence-corrected chi connectivity index (χ4v) is 3.15. The van der Waals surface area contributed by atoms with Gasteiger partial charge in [0.15, 0.2) is 11.5 Å². The van der Waals surface area contributed by atoms with Crippen LogP contribution in [0.4, 0.5) is 0 Å². The molecule has 0 aromatic heterocycles. The molecule has 0 aliphatic carbocycles. The molecule has 1 aliphatic rings. The van der Waals surface area contributed by atoms with Crippen LogP contribution in [0, 0.1) is 6.92 Å². The van der Waals surface area contributed by atoms with Gasteiger partial charge < -0.3 is 19.5 Å². The normalized spacial score (nSPS) is 18.3. The molecule has 128 valence electrons. The Morgan fingerprint density at radius 2 is 1.91 bits per heavy atom. The quantitative estimate of drug-likeness (QED) is 0.891. The maximum absolute atomic E-state index is 12.0. The fourth-order valence-electron chi connectivity index (χ4n) is 3.15. The van der Waals surface area contributed by atoms with E-state index in [1.165, 1.54) is 0 Å². The smallest absolute Gasteiger partial charge is 0.325 e. The maximum Gasteiger partial charge on any atom is 0.325 e. The van der Waals surface area contributed by atoms with Gasteiger partial charge in [0.25, 0.3) is 0 Å². The van der Waals surface area contributed by atoms with E-state index in [1.54, 1.807) is 14.2 Å². The summed E-state index contributed by atoms with van der Waals surface area (Å²) in [6.45, 7) is 5.24. The van der Waals surface area contributed by atoms with E-state index < -0.39 is 12.0 Å². The molecule has 6 heteroatoms. The average Bonchev–Trinajstić information content (AvgIpc) is 2.71. The lowest BCUT2D eigenvalue weighted by molar-refractivity contribution is -0.143. The van der Waals surface area contributed by atoms with Crippen LogP contribution in [0.15, 0.2) is 12.1 Å². The molecule has 0 saturated carbocycles. The van der Waals surface area contributed by atoms with Crippen molar-refractivity contribution in [1.82, 2.24) is 9.80 Å². The van der Waals surface area contributed by atoms with E-state index in [1.807, 2.05) is 24.0 Å². The summed E-state index contributed by atoms with van der Waals surface area (Å²) in [6, 6.07) is 3.01. The molecule has 1 heterocycles. The van der Waals surface area contributed by atoms with E-state index in [4.69, 9.17) is 9.47 Å². The van der Waals surface area contributed by atoms with Crippen LogP contribution < -0.4 is 9.47 Å². The van der Waals surface area contributed by atoms with E-state index >= 15 is 0 Å². The molecular formula is C17H26N2O4. The number of hydrogen-bond acceptors (Lipinski definition) is 5. The third kappa shape index (κ3) is 3.95. The average molecular weight is 322 g/mol. The lowest BCUT2D eigenvalue weighted by atomic mass is 10.0. The Balaban J connectivity index is 2.45. The number of aryl methyl sites for hydroxylation is 1. The van der Waals surface area contributed by atoms with Crippen molar-refractivity contribution in [2.24, 2.45) is 0 Å². The number of methoxy groups -OCH3 is 2. The molecule has 0 amide bonds. The SMILES string of the molecule is COc1cc(C)cc(C(C(=O)O)N2CCCN(C)CC2)c1OC. The molecule has 2 rings (SSSR count). The van der Waals surface area contributed by atoms with Gasteiger partial charge in [-0.25, -0.2) is 0 Å². The van der Waals surface area contributed by atoms with Crippen molar-refractivity contribution in [3.8, 4) is 11.5 Å². The summed E-state index contributed by atoms with van der Waals surface area (Å²) in [6.07, 6.45) is 0.950. The highest BCUT2D eigenvalue weighted by Crippen LogP contribution is 2.38. The number of carbonyl (C=O) groups is 1. The molecule has 1 N–H and O–H groups in total. The standard InChI is InChI=1S/C17H26N2O4/c1-12-10-13(16(23-4)14(11-12)22-3)15(17(20)21)19-7-5-6-18(2)8-9-19/h10-11,15H,5-9H2,1-4H3,(H,20,21). The molecule has 1 aromatic rings. The fraction of sp³-hybridized carbons (Fsp3) is 0.588. The molecule has 1 saturated heterocycles. The predicted octanol–water partition coefficient (Wildman–Crippen LogP) is 1.78. The number of carboxylic acids is 1. The van der Waals surface area contributed by atoms with Crippen molar-refractivity contribution < 1.29 is 19.4 Å². The number of rotatable bonds is 5. The van der Waals surface area contributed by atoms with Crippen LogP contribution in [-0.2, 0) is 4.79 Å². The summed E-state index contributed by atoms with van der Waals surface area (Å²) in [4.78, 5) is 16.3. The summed E-state index contributed by atoms with van der Waals surface area (Å²) < 4.78 is 10.8. The molecule has 1 atom stereocenters. The first-order chi connectivity index (χ1) is 11.0.